The lowest BCUT2D eigenvalue weighted by atomic mass is 10.1. The fraction of sp³-hybridized carbons (Fsp3) is 0.375. The van der Waals surface area contributed by atoms with E-state index in [0.29, 0.717) is 5.69 Å². The molecule has 0 fully saturated rings. The molecule has 148 valence electrons. The third kappa shape index (κ3) is 3.57. The van der Waals surface area contributed by atoms with E-state index in [0.717, 1.165) is 4.31 Å². The minimum atomic E-state index is -5.12. The predicted octanol–water partition coefficient (Wildman–Crippen LogP) is 4.29. The number of aromatic nitrogens is 1. The van der Waals surface area contributed by atoms with Gasteiger partial charge in [-0.3, -0.25) is 0 Å². The Labute approximate surface area is 151 Å². The van der Waals surface area contributed by atoms with Crippen LogP contribution in [0.15, 0.2) is 41.4 Å². The highest BCUT2D eigenvalue weighted by molar-refractivity contribution is 7.89. The van der Waals surface area contributed by atoms with Crippen molar-refractivity contribution in [2.75, 3.05) is 6.54 Å². The van der Waals surface area contributed by atoms with E-state index in [4.69, 9.17) is 0 Å². The third-order valence-electron chi connectivity index (χ3n) is 4.45. The summed E-state index contributed by atoms with van der Waals surface area (Å²) in [4.78, 5) is -1.03. The number of hydrogen-bond donors (Lipinski definition) is 0. The minimum absolute atomic E-state index is 0.0667. The first kappa shape index (κ1) is 19.7. The molecule has 1 aliphatic rings. The Morgan fingerprint density at radius 2 is 1.52 bits per heavy atom. The van der Waals surface area contributed by atoms with Gasteiger partial charge in [0.15, 0.2) is 0 Å². The van der Waals surface area contributed by atoms with Gasteiger partial charge >= 0.3 is 12.4 Å². The lowest BCUT2D eigenvalue weighted by molar-refractivity contribution is -0.143. The van der Waals surface area contributed by atoms with Crippen molar-refractivity contribution in [3.63, 3.8) is 0 Å². The second-order valence-electron chi connectivity index (χ2n) is 6.16. The van der Waals surface area contributed by atoms with Crippen molar-refractivity contribution in [2.45, 2.75) is 36.8 Å². The first-order valence-electron chi connectivity index (χ1n) is 7.78. The fourth-order valence-corrected chi connectivity index (χ4v) is 4.77. The molecule has 0 unspecified atom stereocenters. The van der Waals surface area contributed by atoms with Crippen molar-refractivity contribution in [1.29, 1.82) is 0 Å². The molecule has 1 aromatic carbocycles. The summed E-state index contributed by atoms with van der Waals surface area (Å²) in [7, 11) is -4.58. The van der Waals surface area contributed by atoms with E-state index in [2.05, 4.69) is 0 Å². The van der Waals surface area contributed by atoms with Crippen LogP contribution in [0.5, 0.6) is 0 Å². The SMILES string of the molecule is C[C@@H]1c2cccn2CCN1S(=O)(=O)c1cc(C(F)(F)F)cc(C(F)(F)F)c1. The van der Waals surface area contributed by atoms with Gasteiger partial charge in [0.1, 0.15) is 0 Å². The Balaban J connectivity index is 2.12. The van der Waals surface area contributed by atoms with Crippen molar-refractivity contribution in [2.24, 2.45) is 0 Å². The zero-order chi connectivity index (χ0) is 20.2. The summed E-state index contributed by atoms with van der Waals surface area (Å²) in [6, 6.07) is 3.00. The normalized spacial score (nSPS) is 19.1. The second-order valence-corrected chi connectivity index (χ2v) is 8.05. The maximum atomic E-state index is 13.0. The van der Waals surface area contributed by atoms with Crippen molar-refractivity contribution in [3.05, 3.63) is 53.3 Å². The molecule has 2 heterocycles. The molecule has 11 heteroatoms. The van der Waals surface area contributed by atoms with Gasteiger partial charge < -0.3 is 4.57 Å². The largest absolute Gasteiger partial charge is 0.416 e. The first-order chi connectivity index (χ1) is 12.3. The lowest BCUT2D eigenvalue weighted by Crippen LogP contribution is -2.40. The summed E-state index contributed by atoms with van der Waals surface area (Å²) in [6.07, 6.45) is -8.51. The highest BCUT2D eigenvalue weighted by Gasteiger charge is 2.40. The molecule has 0 radical (unpaired) electrons. The number of fused-ring (bicyclic) bond motifs is 1. The lowest BCUT2D eigenvalue weighted by Gasteiger charge is -2.34. The molecule has 0 saturated heterocycles. The van der Waals surface area contributed by atoms with Crippen molar-refractivity contribution in [1.82, 2.24) is 8.87 Å². The number of alkyl halides is 6. The van der Waals surface area contributed by atoms with E-state index in [1.165, 1.54) is 6.92 Å². The molecule has 0 N–H and O–H groups in total. The Morgan fingerprint density at radius 3 is 2.04 bits per heavy atom. The molecule has 1 atom stereocenters. The van der Waals surface area contributed by atoms with Crippen LogP contribution in [0.25, 0.3) is 0 Å². The molecule has 3 rings (SSSR count). The number of benzene rings is 1. The maximum Gasteiger partial charge on any atom is 0.416 e. The Kier molecular flexibility index (Phi) is 4.58. The molecule has 2 aromatic rings. The van der Waals surface area contributed by atoms with Crippen molar-refractivity contribution in [3.8, 4) is 0 Å². The van der Waals surface area contributed by atoms with E-state index < -0.39 is 44.4 Å². The molecular formula is C16H14F6N2O2S. The van der Waals surface area contributed by atoms with Crippen LogP contribution in [-0.2, 0) is 28.9 Å². The number of nitrogens with zero attached hydrogens (tertiary/aromatic N) is 2. The van der Waals surface area contributed by atoms with Gasteiger partial charge in [-0.25, -0.2) is 8.42 Å². The average Bonchev–Trinajstić information content (AvgIpc) is 3.02. The number of hydrogen-bond acceptors (Lipinski definition) is 2. The molecule has 1 aliphatic heterocycles. The van der Waals surface area contributed by atoms with Crippen molar-refractivity contribution >= 4 is 10.0 Å². The van der Waals surface area contributed by atoms with Crippen LogP contribution in [0.4, 0.5) is 26.3 Å². The molecular weight excluding hydrogens is 398 g/mol. The number of rotatable bonds is 2. The van der Waals surface area contributed by atoms with E-state index in [1.54, 1.807) is 22.9 Å². The van der Waals surface area contributed by atoms with Gasteiger partial charge in [0.25, 0.3) is 0 Å². The standard InChI is InChI=1S/C16H14F6N2O2S/c1-10-14-3-2-4-23(14)5-6-24(10)27(25,26)13-8-11(15(17,18)19)7-12(9-13)16(20,21)22/h2-4,7-10H,5-6H2,1H3/t10-/m1/s1. The monoisotopic (exact) mass is 412 g/mol. The summed E-state index contributed by atoms with van der Waals surface area (Å²) in [5.74, 6) is 0. The summed E-state index contributed by atoms with van der Waals surface area (Å²) in [5, 5.41) is 0. The van der Waals surface area contributed by atoms with Crippen LogP contribution in [0.1, 0.15) is 29.8 Å². The van der Waals surface area contributed by atoms with Crippen LogP contribution in [0, 0.1) is 0 Å². The Bertz CT molecular complexity index is 930. The van der Waals surface area contributed by atoms with Crippen LogP contribution < -0.4 is 0 Å². The maximum absolute atomic E-state index is 13.0. The molecule has 0 aliphatic carbocycles. The molecule has 0 bridgehead atoms. The van der Waals surface area contributed by atoms with Gasteiger partial charge in [-0.05, 0) is 37.3 Å². The van der Waals surface area contributed by atoms with Gasteiger partial charge in [0, 0.05) is 25.0 Å². The van der Waals surface area contributed by atoms with Gasteiger partial charge in [-0.15, -0.1) is 0 Å². The summed E-state index contributed by atoms with van der Waals surface area (Å²) >= 11 is 0. The Hall–Kier alpha value is -2.01. The smallest absolute Gasteiger partial charge is 0.349 e. The molecule has 27 heavy (non-hydrogen) atoms. The quantitative estimate of drug-likeness (QED) is 0.691. The minimum Gasteiger partial charge on any atom is -0.349 e. The molecule has 0 amide bonds. The summed E-state index contributed by atoms with van der Waals surface area (Å²) < 4.78 is 107. The van der Waals surface area contributed by atoms with Gasteiger partial charge in [-0.1, -0.05) is 0 Å². The van der Waals surface area contributed by atoms with E-state index in [1.807, 2.05) is 0 Å². The molecule has 4 nitrogen and oxygen atoms in total. The van der Waals surface area contributed by atoms with Crippen LogP contribution >= 0.6 is 0 Å². The predicted molar refractivity (Wildman–Crippen MR) is 83.2 cm³/mol. The van der Waals surface area contributed by atoms with E-state index in [-0.39, 0.29) is 31.3 Å². The zero-order valence-corrected chi connectivity index (χ0v) is 14.7. The average molecular weight is 412 g/mol. The van der Waals surface area contributed by atoms with Crippen LogP contribution in [-0.4, -0.2) is 23.8 Å². The number of sulfonamides is 1. The van der Waals surface area contributed by atoms with Gasteiger partial charge in [0.05, 0.1) is 22.1 Å². The topological polar surface area (TPSA) is 42.3 Å². The zero-order valence-electron chi connectivity index (χ0n) is 13.8. The number of halogens is 6. The summed E-state index contributed by atoms with van der Waals surface area (Å²) in [5.41, 5.74) is -2.72. The van der Waals surface area contributed by atoms with Gasteiger partial charge in [-0.2, -0.15) is 30.6 Å². The highest BCUT2D eigenvalue weighted by atomic mass is 32.2. The Morgan fingerprint density at radius 1 is 0.963 bits per heavy atom. The van der Waals surface area contributed by atoms with E-state index >= 15 is 0 Å². The molecule has 1 aromatic heterocycles. The van der Waals surface area contributed by atoms with Crippen molar-refractivity contribution < 1.29 is 34.8 Å². The van der Waals surface area contributed by atoms with E-state index in [9.17, 15) is 34.8 Å². The molecule has 0 spiro atoms. The highest BCUT2D eigenvalue weighted by Crippen LogP contribution is 2.39. The third-order valence-corrected chi connectivity index (χ3v) is 6.40. The first-order valence-corrected chi connectivity index (χ1v) is 9.22. The summed E-state index contributed by atoms with van der Waals surface area (Å²) in [6.45, 7) is 1.71. The van der Waals surface area contributed by atoms with Gasteiger partial charge in [0.2, 0.25) is 10.0 Å². The fourth-order valence-electron chi connectivity index (χ4n) is 3.10. The second kappa shape index (κ2) is 6.26. The van der Waals surface area contributed by atoms with Crippen LogP contribution in [0.2, 0.25) is 0 Å². The molecule has 0 saturated carbocycles. The van der Waals surface area contributed by atoms with Crippen LogP contribution in [0.3, 0.4) is 0 Å².